The molecule has 0 bridgehead atoms. The summed E-state index contributed by atoms with van der Waals surface area (Å²) < 4.78 is 32.1. The van der Waals surface area contributed by atoms with Crippen molar-refractivity contribution in [3.8, 4) is 0 Å². The van der Waals surface area contributed by atoms with E-state index in [2.05, 4.69) is 4.90 Å². The average molecular weight is 339 g/mol. The Morgan fingerprint density at radius 2 is 1.61 bits per heavy atom. The molecule has 0 aliphatic carbocycles. The first kappa shape index (κ1) is 16.5. The fourth-order valence-electron chi connectivity index (χ4n) is 3.23. The lowest BCUT2D eigenvalue weighted by molar-refractivity contribution is 0.0730. The number of anilines is 2. The Morgan fingerprint density at radius 1 is 0.957 bits per heavy atom. The summed E-state index contributed by atoms with van der Waals surface area (Å²) in [5, 5.41) is 0. The number of benzene rings is 1. The van der Waals surface area contributed by atoms with Crippen molar-refractivity contribution in [1.82, 2.24) is 4.31 Å². The average Bonchev–Trinajstić information content (AvgIpc) is 2.85. The van der Waals surface area contributed by atoms with Gasteiger partial charge < -0.3 is 15.4 Å². The number of hydrogen-bond acceptors (Lipinski definition) is 5. The maximum absolute atomic E-state index is 12.7. The summed E-state index contributed by atoms with van der Waals surface area (Å²) in [5.74, 6) is 0. The van der Waals surface area contributed by atoms with Crippen molar-refractivity contribution in [2.45, 2.75) is 30.6 Å². The molecule has 2 N–H and O–H groups in total. The third kappa shape index (κ3) is 3.62. The van der Waals surface area contributed by atoms with E-state index in [4.69, 9.17) is 10.5 Å². The molecule has 0 spiro atoms. The highest BCUT2D eigenvalue weighted by Crippen LogP contribution is 2.29. The van der Waals surface area contributed by atoms with Gasteiger partial charge in [0.1, 0.15) is 0 Å². The second-order valence-electron chi connectivity index (χ2n) is 6.14. The minimum atomic E-state index is -3.48. The van der Waals surface area contributed by atoms with Crippen molar-refractivity contribution in [3.63, 3.8) is 0 Å². The largest absolute Gasteiger partial charge is 0.397 e. The smallest absolute Gasteiger partial charge is 0.243 e. The van der Waals surface area contributed by atoms with Gasteiger partial charge in [-0.3, -0.25) is 0 Å². The van der Waals surface area contributed by atoms with Gasteiger partial charge in [-0.1, -0.05) is 12.8 Å². The zero-order valence-corrected chi connectivity index (χ0v) is 14.2. The number of morpholine rings is 1. The van der Waals surface area contributed by atoms with Gasteiger partial charge in [-0.2, -0.15) is 4.31 Å². The lowest BCUT2D eigenvalue weighted by atomic mass is 10.2. The molecule has 2 saturated heterocycles. The predicted molar refractivity (Wildman–Crippen MR) is 91.1 cm³/mol. The number of nitrogen functional groups attached to an aromatic ring is 1. The zero-order valence-electron chi connectivity index (χ0n) is 13.4. The number of hydrogen-bond donors (Lipinski definition) is 1. The van der Waals surface area contributed by atoms with Gasteiger partial charge >= 0.3 is 0 Å². The molecule has 0 aromatic heterocycles. The maximum atomic E-state index is 12.7. The van der Waals surface area contributed by atoms with Crippen LogP contribution in [0.2, 0.25) is 0 Å². The summed E-state index contributed by atoms with van der Waals surface area (Å²) in [6.07, 6.45) is 4.82. The van der Waals surface area contributed by atoms with Gasteiger partial charge in [-0.05, 0) is 31.0 Å². The van der Waals surface area contributed by atoms with Crippen LogP contribution >= 0.6 is 0 Å². The molecule has 0 atom stereocenters. The number of sulfonamides is 1. The second-order valence-corrected chi connectivity index (χ2v) is 8.08. The second kappa shape index (κ2) is 7.07. The lowest BCUT2D eigenvalue weighted by Crippen LogP contribution is -2.40. The summed E-state index contributed by atoms with van der Waals surface area (Å²) in [7, 11) is -3.48. The summed E-state index contributed by atoms with van der Waals surface area (Å²) in [4.78, 5) is 2.54. The van der Waals surface area contributed by atoms with E-state index in [-0.39, 0.29) is 4.90 Å². The molecule has 0 unspecified atom stereocenters. The van der Waals surface area contributed by atoms with Gasteiger partial charge in [-0.15, -0.1) is 0 Å². The Labute approximate surface area is 138 Å². The molecule has 0 amide bonds. The molecular formula is C16H25N3O3S. The van der Waals surface area contributed by atoms with Gasteiger partial charge in [0.05, 0.1) is 29.5 Å². The molecule has 0 saturated carbocycles. The summed E-state index contributed by atoms with van der Waals surface area (Å²) in [5.41, 5.74) is 7.67. The van der Waals surface area contributed by atoms with Gasteiger partial charge in [0.2, 0.25) is 10.0 Å². The van der Waals surface area contributed by atoms with Gasteiger partial charge in [0.15, 0.2) is 0 Å². The van der Waals surface area contributed by atoms with Crippen LogP contribution in [0.5, 0.6) is 0 Å². The predicted octanol–water partition coefficient (Wildman–Crippen LogP) is 1.67. The fraction of sp³-hybridized carbons (Fsp3) is 0.625. The molecule has 0 radical (unpaired) electrons. The number of nitrogens with zero attached hydrogens (tertiary/aromatic N) is 2. The Morgan fingerprint density at radius 3 is 2.22 bits per heavy atom. The minimum Gasteiger partial charge on any atom is -0.397 e. The number of rotatable bonds is 3. The van der Waals surface area contributed by atoms with Crippen molar-refractivity contribution in [3.05, 3.63) is 18.2 Å². The minimum absolute atomic E-state index is 0.274. The van der Waals surface area contributed by atoms with Crippen molar-refractivity contribution in [2.24, 2.45) is 0 Å². The van der Waals surface area contributed by atoms with Crippen LogP contribution in [0, 0.1) is 0 Å². The van der Waals surface area contributed by atoms with Crippen LogP contribution in [-0.2, 0) is 14.8 Å². The van der Waals surface area contributed by atoms with Crippen molar-refractivity contribution in [2.75, 3.05) is 50.0 Å². The third-order valence-corrected chi connectivity index (χ3v) is 6.45. The Bertz CT molecular complexity index is 634. The van der Waals surface area contributed by atoms with E-state index >= 15 is 0 Å². The van der Waals surface area contributed by atoms with E-state index < -0.39 is 10.0 Å². The molecule has 1 aromatic rings. The monoisotopic (exact) mass is 339 g/mol. The Hall–Kier alpha value is -1.31. The van der Waals surface area contributed by atoms with Crippen LogP contribution < -0.4 is 10.6 Å². The van der Waals surface area contributed by atoms with Crippen molar-refractivity contribution >= 4 is 21.4 Å². The highest BCUT2D eigenvalue weighted by molar-refractivity contribution is 7.89. The molecule has 2 aliphatic heterocycles. The summed E-state index contributed by atoms with van der Waals surface area (Å²) in [6.45, 7) is 3.66. The fourth-order valence-corrected chi connectivity index (χ4v) is 4.67. The van der Waals surface area contributed by atoms with E-state index in [1.54, 1.807) is 12.1 Å². The van der Waals surface area contributed by atoms with Gasteiger partial charge in [-0.25, -0.2) is 8.42 Å². The van der Waals surface area contributed by atoms with Crippen LogP contribution in [0.15, 0.2) is 23.1 Å². The number of nitrogens with two attached hydrogens (primary N) is 1. The first-order valence-corrected chi connectivity index (χ1v) is 9.75. The van der Waals surface area contributed by atoms with E-state index in [9.17, 15) is 8.42 Å². The molecule has 6 nitrogen and oxygen atoms in total. The topological polar surface area (TPSA) is 75.9 Å². The molecule has 3 rings (SSSR count). The number of ether oxygens (including phenoxy) is 1. The van der Waals surface area contributed by atoms with E-state index in [1.807, 2.05) is 6.07 Å². The van der Waals surface area contributed by atoms with Gasteiger partial charge in [0, 0.05) is 26.2 Å². The van der Waals surface area contributed by atoms with Crippen LogP contribution in [0.25, 0.3) is 0 Å². The standard InChI is InChI=1S/C16H25N3O3S/c17-15-13-14(23(20,21)19-9-11-22-12-10-19)5-6-16(15)18-7-3-1-2-4-8-18/h5-6,13H,1-4,7-12,17H2. The quantitative estimate of drug-likeness (QED) is 0.848. The molecule has 2 heterocycles. The van der Waals surface area contributed by atoms with Crippen LogP contribution in [0.4, 0.5) is 11.4 Å². The van der Waals surface area contributed by atoms with E-state index in [1.165, 1.54) is 17.1 Å². The highest BCUT2D eigenvalue weighted by Gasteiger charge is 2.27. The molecule has 1 aromatic carbocycles. The Kier molecular flexibility index (Phi) is 5.08. The third-order valence-electron chi connectivity index (χ3n) is 4.55. The summed E-state index contributed by atoms with van der Waals surface area (Å²) >= 11 is 0. The normalized spacial score (nSPS) is 21.1. The van der Waals surface area contributed by atoms with Crippen LogP contribution in [0.1, 0.15) is 25.7 Å². The first-order valence-electron chi connectivity index (χ1n) is 8.31. The zero-order chi connectivity index (χ0) is 16.3. The summed E-state index contributed by atoms with van der Waals surface area (Å²) in [6, 6.07) is 5.14. The molecule has 23 heavy (non-hydrogen) atoms. The van der Waals surface area contributed by atoms with E-state index in [0.717, 1.165) is 31.6 Å². The van der Waals surface area contributed by atoms with Crippen molar-refractivity contribution < 1.29 is 13.2 Å². The van der Waals surface area contributed by atoms with Gasteiger partial charge in [0.25, 0.3) is 0 Å². The molecule has 7 heteroatoms. The highest BCUT2D eigenvalue weighted by atomic mass is 32.2. The maximum Gasteiger partial charge on any atom is 0.243 e. The molecule has 2 fully saturated rings. The van der Waals surface area contributed by atoms with Crippen LogP contribution in [-0.4, -0.2) is 52.1 Å². The first-order chi connectivity index (χ1) is 11.1. The molecular weight excluding hydrogens is 314 g/mol. The lowest BCUT2D eigenvalue weighted by Gasteiger charge is -2.27. The Balaban J connectivity index is 1.83. The molecule has 128 valence electrons. The SMILES string of the molecule is Nc1cc(S(=O)(=O)N2CCOCC2)ccc1N1CCCCCC1. The van der Waals surface area contributed by atoms with E-state index in [0.29, 0.717) is 32.0 Å². The van der Waals surface area contributed by atoms with Crippen molar-refractivity contribution in [1.29, 1.82) is 0 Å². The van der Waals surface area contributed by atoms with Crippen LogP contribution in [0.3, 0.4) is 0 Å². The molecule has 2 aliphatic rings.